The highest BCUT2D eigenvalue weighted by Gasteiger charge is 2.20. The third kappa shape index (κ3) is 6.17. The second kappa shape index (κ2) is 14.6. The molecule has 0 atom stereocenters. The Morgan fingerprint density at radius 3 is 1.27 bits per heavy atom. The predicted octanol–water partition coefficient (Wildman–Crippen LogP) is 13.1. The molecule has 0 saturated carbocycles. The Labute approximate surface area is 355 Å². The van der Waals surface area contributed by atoms with Gasteiger partial charge in [0.25, 0.3) is 0 Å². The molecule has 4 aromatic heterocycles. The standard InChI is InChI=1S/C54H33N7O/c1-4-14-34(15-5-1)35-24-26-38(27-25-35)50-55-49(36-16-6-2-7-17-36)56-52(57-50)40-28-30-43-44-32-39(29-31-47(44)62-48(43)33-40)53-58-51(37-18-8-3-9-19-37)59-54(60-53)61-45-22-12-10-20-41(45)42-21-11-13-23-46(42)61/h1-33H. The molecular weight excluding hydrogens is 763 g/mol. The fraction of sp³-hybridized carbons (Fsp3) is 0. The van der Waals surface area contributed by atoms with Crippen LogP contribution < -0.4 is 0 Å². The van der Waals surface area contributed by atoms with Gasteiger partial charge in [-0.05, 0) is 53.6 Å². The summed E-state index contributed by atoms with van der Waals surface area (Å²) in [7, 11) is 0. The first kappa shape index (κ1) is 35.3. The second-order valence-electron chi connectivity index (χ2n) is 15.2. The number of aromatic nitrogens is 7. The molecule has 0 radical (unpaired) electrons. The van der Waals surface area contributed by atoms with Crippen LogP contribution in [0, 0.1) is 0 Å². The molecule has 8 nitrogen and oxygen atoms in total. The average Bonchev–Trinajstić information content (AvgIpc) is 3.89. The van der Waals surface area contributed by atoms with E-state index < -0.39 is 0 Å². The largest absolute Gasteiger partial charge is 0.456 e. The van der Waals surface area contributed by atoms with Crippen molar-refractivity contribution in [3.8, 4) is 74.0 Å². The van der Waals surface area contributed by atoms with Crippen molar-refractivity contribution >= 4 is 43.7 Å². The quantitative estimate of drug-likeness (QED) is 0.158. The van der Waals surface area contributed by atoms with E-state index in [1.165, 1.54) is 0 Å². The zero-order chi connectivity index (χ0) is 41.0. The lowest BCUT2D eigenvalue weighted by Crippen LogP contribution is -2.06. The van der Waals surface area contributed by atoms with E-state index in [1.807, 2.05) is 115 Å². The molecule has 290 valence electrons. The molecule has 0 fully saturated rings. The van der Waals surface area contributed by atoms with E-state index in [9.17, 15) is 0 Å². The van der Waals surface area contributed by atoms with Gasteiger partial charge in [-0.3, -0.25) is 4.57 Å². The lowest BCUT2D eigenvalue weighted by atomic mass is 10.0. The van der Waals surface area contributed by atoms with E-state index in [2.05, 4.69) is 89.5 Å². The van der Waals surface area contributed by atoms with E-state index in [0.717, 1.165) is 82.7 Å². The van der Waals surface area contributed by atoms with Crippen molar-refractivity contribution in [2.24, 2.45) is 0 Å². The van der Waals surface area contributed by atoms with Gasteiger partial charge in [-0.15, -0.1) is 0 Å². The Morgan fingerprint density at radius 2 is 0.677 bits per heavy atom. The lowest BCUT2D eigenvalue weighted by Gasteiger charge is -2.11. The molecule has 0 aliphatic heterocycles. The van der Waals surface area contributed by atoms with Gasteiger partial charge in [0.05, 0.1) is 11.0 Å². The van der Waals surface area contributed by atoms with Crippen LogP contribution in [-0.2, 0) is 0 Å². The number of furan rings is 1. The molecule has 0 aliphatic rings. The fourth-order valence-electron chi connectivity index (χ4n) is 8.30. The van der Waals surface area contributed by atoms with Gasteiger partial charge in [-0.25, -0.2) is 19.9 Å². The highest BCUT2D eigenvalue weighted by atomic mass is 16.3. The van der Waals surface area contributed by atoms with Crippen LogP contribution in [0.15, 0.2) is 205 Å². The first-order valence-electron chi connectivity index (χ1n) is 20.4. The van der Waals surface area contributed by atoms with Crippen LogP contribution in [-0.4, -0.2) is 34.5 Å². The van der Waals surface area contributed by atoms with E-state index in [4.69, 9.17) is 34.3 Å². The number of hydrogen-bond acceptors (Lipinski definition) is 7. The molecule has 0 unspecified atom stereocenters. The number of para-hydroxylation sites is 2. The van der Waals surface area contributed by atoms with Crippen molar-refractivity contribution in [1.82, 2.24) is 34.5 Å². The monoisotopic (exact) mass is 795 g/mol. The summed E-state index contributed by atoms with van der Waals surface area (Å²) in [6.45, 7) is 0. The molecule has 0 amide bonds. The maximum atomic E-state index is 6.53. The maximum Gasteiger partial charge on any atom is 0.238 e. The Hall–Kier alpha value is -8.62. The molecule has 4 heterocycles. The van der Waals surface area contributed by atoms with Gasteiger partial charge in [0.15, 0.2) is 29.1 Å². The van der Waals surface area contributed by atoms with Crippen LogP contribution in [0.2, 0.25) is 0 Å². The highest BCUT2D eigenvalue weighted by Crippen LogP contribution is 2.36. The summed E-state index contributed by atoms with van der Waals surface area (Å²) in [5.74, 6) is 3.45. The van der Waals surface area contributed by atoms with Gasteiger partial charge in [0.1, 0.15) is 11.2 Å². The number of rotatable bonds is 7. The fourth-order valence-corrected chi connectivity index (χ4v) is 8.30. The van der Waals surface area contributed by atoms with Gasteiger partial charge < -0.3 is 4.42 Å². The first-order valence-corrected chi connectivity index (χ1v) is 20.4. The van der Waals surface area contributed by atoms with E-state index >= 15 is 0 Å². The summed E-state index contributed by atoms with van der Waals surface area (Å²) in [4.78, 5) is 30.3. The Bertz CT molecular complexity index is 3570. The third-order valence-corrected chi connectivity index (χ3v) is 11.3. The van der Waals surface area contributed by atoms with E-state index in [1.54, 1.807) is 0 Å². The van der Waals surface area contributed by atoms with Crippen molar-refractivity contribution in [2.45, 2.75) is 0 Å². The number of benzene rings is 8. The Kier molecular flexibility index (Phi) is 8.31. The van der Waals surface area contributed by atoms with Crippen LogP contribution in [0.4, 0.5) is 0 Å². The molecule has 8 aromatic carbocycles. The maximum absolute atomic E-state index is 6.53. The van der Waals surface area contributed by atoms with Crippen molar-refractivity contribution in [2.75, 3.05) is 0 Å². The Morgan fingerprint density at radius 1 is 0.274 bits per heavy atom. The third-order valence-electron chi connectivity index (χ3n) is 11.3. The van der Waals surface area contributed by atoms with Gasteiger partial charge in [0, 0.05) is 49.4 Å². The lowest BCUT2D eigenvalue weighted by molar-refractivity contribution is 0.669. The van der Waals surface area contributed by atoms with Gasteiger partial charge in [-0.2, -0.15) is 9.97 Å². The summed E-state index contributed by atoms with van der Waals surface area (Å²) in [6, 6.07) is 67.7. The van der Waals surface area contributed by atoms with Crippen LogP contribution in [0.3, 0.4) is 0 Å². The van der Waals surface area contributed by atoms with Crippen molar-refractivity contribution in [3.63, 3.8) is 0 Å². The smallest absolute Gasteiger partial charge is 0.238 e. The molecule has 0 saturated heterocycles. The molecular formula is C54H33N7O. The van der Waals surface area contributed by atoms with Crippen LogP contribution in [0.25, 0.3) is 118 Å². The SMILES string of the molecule is c1ccc(-c2ccc(-c3nc(-c4ccccc4)nc(-c4ccc5c(c4)oc4ccc(-c6nc(-c7ccccc7)nc(-n7c8ccccc8c8ccccc87)n6)cc45)n3)cc2)cc1. The zero-order valence-electron chi connectivity index (χ0n) is 33.1. The molecule has 0 bridgehead atoms. The molecule has 0 spiro atoms. The van der Waals surface area contributed by atoms with Crippen molar-refractivity contribution in [3.05, 3.63) is 200 Å². The predicted molar refractivity (Wildman–Crippen MR) is 247 cm³/mol. The van der Waals surface area contributed by atoms with E-state index in [-0.39, 0.29) is 0 Å². The van der Waals surface area contributed by atoms with Crippen LogP contribution >= 0.6 is 0 Å². The first-order chi connectivity index (χ1) is 30.7. The normalized spacial score (nSPS) is 11.5. The van der Waals surface area contributed by atoms with Crippen LogP contribution in [0.5, 0.6) is 0 Å². The van der Waals surface area contributed by atoms with Crippen LogP contribution in [0.1, 0.15) is 0 Å². The van der Waals surface area contributed by atoms with Crippen molar-refractivity contribution < 1.29 is 4.42 Å². The minimum absolute atomic E-state index is 0.548. The van der Waals surface area contributed by atoms with Gasteiger partial charge >= 0.3 is 0 Å². The summed E-state index contributed by atoms with van der Waals surface area (Å²) >= 11 is 0. The highest BCUT2D eigenvalue weighted by molar-refractivity contribution is 6.09. The summed E-state index contributed by atoms with van der Waals surface area (Å²) < 4.78 is 8.66. The molecule has 62 heavy (non-hydrogen) atoms. The minimum atomic E-state index is 0.548. The minimum Gasteiger partial charge on any atom is -0.456 e. The molecule has 0 aliphatic carbocycles. The Balaban J connectivity index is 0.967. The number of fused-ring (bicyclic) bond motifs is 6. The summed E-state index contributed by atoms with van der Waals surface area (Å²) in [6.07, 6.45) is 0. The molecule has 0 N–H and O–H groups in total. The average molecular weight is 796 g/mol. The van der Waals surface area contributed by atoms with Crippen molar-refractivity contribution in [1.29, 1.82) is 0 Å². The topological polar surface area (TPSA) is 95.4 Å². The van der Waals surface area contributed by atoms with Gasteiger partial charge in [0.2, 0.25) is 5.95 Å². The van der Waals surface area contributed by atoms with E-state index in [0.29, 0.717) is 35.1 Å². The summed E-state index contributed by atoms with van der Waals surface area (Å²) in [5.41, 5.74) is 10.2. The van der Waals surface area contributed by atoms with Gasteiger partial charge in [-0.1, -0.05) is 158 Å². The second-order valence-corrected chi connectivity index (χ2v) is 15.2. The molecule has 12 rings (SSSR count). The number of hydrogen-bond donors (Lipinski definition) is 0. The molecule has 12 aromatic rings. The summed E-state index contributed by atoms with van der Waals surface area (Å²) in [5, 5.41) is 4.18. The zero-order valence-corrected chi connectivity index (χ0v) is 33.1. The molecule has 8 heteroatoms. The number of nitrogens with zero attached hydrogens (tertiary/aromatic N) is 7.